The number of benzene rings is 3. The Hall–Kier alpha value is -2.80. The van der Waals surface area contributed by atoms with E-state index in [0.29, 0.717) is 5.56 Å². The van der Waals surface area contributed by atoms with Crippen LogP contribution in [0.15, 0.2) is 78.9 Å². The predicted molar refractivity (Wildman–Crippen MR) is 92.9 cm³/mol. The van der Waals surface area contributed by atoms with Crippen LogP contribution in [0.5, 0.6) is 5.75 Å². The molecular formula is C19H13F3O3S. The lowest BCUT2D eigenvalue weighted by molar-refractivity contribution is -0.0499. The van der Waals surface area contributed by atoms with Crippen molar-refractivity contribution in [2.45, 2.75) is 5.51 Å². The topological polar surface area (TPSA) is 43.4 Å². The van der Waals surface area contributed by atoms with Crippen molar-refractivity contribution in [1.82, 2.24) is 0 Å². The molecule has 0 radical (unpaired) electrons. The zero-order valence-electron chi connectivity index (χ0n) is 13.3. The Morgan fingerprint density at radius 1 is 0.692 bits per heavy atom. The maximum Gasteiger partial charge on any atom is 0.534 e. The highest BCUT2D eigenvalue weighted by molar-refractivity contribution is 7.88. The SMILES string of the molecule is O=S(=O)(Oc1ccc(-c2ccccc2)cc1-c1ccccc1)C(F)(F)F. The summed E-state index contributed by atoms with van der Waals surface area (Å²) in [5, 5.41) is 0. The molecule has 0 aromatic heterocycles. The number of alkyl halides is 3. The molecule has 0 aliphatic heterocycles. The van der Waals surface area contributed by atoms with Crippen molar-refractivity contribution in [2.24, 2.45) is 0 Å². The molecule has 0 aliphatic carbocycles. The van der Waals surface area contributed by atoms with Gasteiger partial charge in [0.15, 0.2) is 5.75 Å². The molecule has 0 saturated carbocycles. The fraction of sp³-hybridized carbons (Fsp3) is 0.0526. The van der Waals surface area contributed by atoms with Crippen molar-refractivity contribution in [3.05, 3.63) is 78.9 Å². The Morgan fingerprint density at radius 2 is 1.23 bits per heavy atom. The Kier molecular flexibility index (Phi) is 4.73. The number of halogens is 3. The Bertz CT molecular complexity index is 999. The minimum atomic E-state index is -5.76. The van der Waals surface area contributed by atoms with Crippen molar-refractivity contribution in [3.8, 4) is 28.0 Å². The van der Waals surface area contributed by atoms with Gasteiger partial charge in [-0.15, -0.1) is 0 Å². The zero-order chi connectivity index (χ0) is 18.8. The summed E-state index contributed by atoms with van der Waals surface area (Å²) in [5.41, 5.74) is -3.15. The smallest absolute Gasteiger partial charge is 0.375 e. The lowest BCUT2D eigenvalue weighted by atomic mass is 9.98. The van der Waals surface area contributed by atoms with Gasteiger partial charge in [0.2, 0.25) is 0 Å². The van der Waals surface area contributed by atoms with Crippen LogP contribution in [-0.4, -0.2) is 13.9 Å². The summed E-state index contributed by atoms with van der Waals surface area (Å²) in [6, 6.07) is 22.0. The third-order valence-electron chi connectivity index (χ3n) is 3.65. The van der Waals surface area contributed by atoms with E-state index in [4.69, 9.17) is 0 Å². The van der Waals surface area contributed by atoms with E-state index in [0.717, 1.165) is 11.1 Å². The maximum absolute atomic E-state index is 12.7. The minimum Gasteiger partial charge on any atom is -0.375 e. The van der Waals surface area contributed by atoms with Gasteiger partial charge in [0.25, 0.3) is 0 Å². The second-order valence-corrected chi connectivity index (χ2v) is 6.96. The molecule has 3 aromatic rings. The molecule has 0 aliphatic rings. The van der Waals surface area contributed by atoms with Gasteiger partial charge in [-0.2, -0.15) is 21.6 Å². The molecule has 3 aromatic carbocycles. The molecule has 3 rings (SSSR count). The van der Waals surface area contributed by atoms with Gasteiger partial charge in [0.1, 0.15) is 0 Å². The van der Waals surface area contributed by atoms with Gasteiger partial charge in [-0.25, -0.2) is 0 Å². The number of hydrogen-bond donors (Lipinski definition) is 0. The van der Waals surface area contributed by atoms with Crippen molar-refractivity contribution >= 4 is 10.1 Å². The van der Waals surface area contributed by atoms with Gasteiger partial charge in [0.05, 0.1) is 0 Å². The van der Waals surface area contributed by atoms with Crippen LogP contribution in [0.3, 0.4) is 0 Å². The van der Waals surface area contributed by atoms with Crippen LogP contribution in [0, 0.1) is 0 Å². The fourth-order valence-electron chi connectivity index (χ4n) is 2.42. The van der Waals surface area contributed by atoms with Crippen LogP contribution in [-0.2, 0) is 10.1 Å². The van der Waals surface area contributed by atoms with Crippen LogP contribution in [0.1, 0.15) is 0 Å². The second kappa shape index (κ2) is 6.84. The summed E-state index contributed by atoms with van der Waals surface area (Å²) in [6.07, 6.45) is 0. The molecule has 26 heavy (non-hydrogen) atoms. The lowest BCUT2D eigenvalue weighted by Gasteiger charge is -2.14. The zero-order valence-corrected chi connectivity index (χ0v) is 14.1. The molecule has 0 N–H and O–H groups in total. The summed E-state index contributed by atoms with van der Waals surface area (Å²) in [7, 11) is -5.76. The van der Waals surface area contributed by atoms with Crippen molar-refractivity contribution in [1.29, 1.82) is 0 Å². The summed E-state index contributed by atoms with van der Waals surface area (Å²) < 4.78 is 65.3. The molecule has 0 fully saturated rings. The Balaban J connectivity index is 2.13. The average molecular weight is 378 g/mol. The van der Waals surface area contributed by atoms with Gasteiger partial charge in [-0.1, -0.05) is 66.7 Å². The molecule has 0 heterocycles. The first-order valence-corrected chi connectivity index (χ1v) is 8.94. The van der Waals surface area contributed by atoms with Crippen LogP contribution in [0.4, 0.5) is 13.2 Å². The van der Waals surface area contributed by atoms with Gasteiger partial charge < -0.3 is 4.18 Å². The standard InChI is InChI=1S/C19H13F3O3S/c20-19(21,22)26(23,24)25-18-12-11-16(14-7-3-1-4-8-14)13-17(18)15-9-5-2-6-10-15/h1-13H. The van der Waals surface area contributed by atoms with Gasteiger partial charge >= 0.3 is 15.6 Å². The first-order valence-electron chi connectivity index (χ1n) is 7.53. The minimum absolute atomic E-state index is 0.250. The molecular weight excluding hydrogens is 365 g/mol. The van der Waals surface area contributed by atoms with E-state index in [9.17, 15) is 21.6 Å². The third kappa shape index (κ3) is 3.72. The highest BCUT2D eigenvalue weighted by atomic mass is 32.2. The Labute approximate surface area is 148 Å². The highest BCUT2D eigenvalue weighted by Gasteiger charge is 2.48. The summed E-state index contributed by atoms with van der Waals surface area (Å²) in [5.74, 6) is -0.381. The normalized spacial score (nSPS) is 12.0. The highest BCUT2D eigenvalue weighted by Crippen LogP contribution is 2.37. The summed E-state index contributed by atoms with van der Waals surface area (Å²) in [6.45, 7) is 0. The molecule has 0 atom stereocenters. The van der Waals surface area contributed by atoms with Crippen molar-refractivity contribution in [2.75, 3.05) is 0 Å². The number of hydrogen-bond acceptors (Lipinski definition) is 3. The fourth-order valence-corrected chi connectivity index (χ4v) is 2.90. The molecule has 7 heteroatoms. The van der Waals surface area contributed by atoms with E-state index in [1.165, 1.54) is 12.1 Å². The van der Waals surface area contributed by atoms with Crippen LogP contribution in [0.2, 0.25) is 0 Å². The van der Waals surface area contributed by atoms with Crippen LogP contribution < -0.4 is 4.18 Å². The van der Waals surface area contributed by atoms with E-state index >= 15 is 0 Å². The maximum atomic E-state index is 12.7. The van der Waals surface area contributed by atoms with Crippen molar-refractivity contribution < 1.29 is 25.8 Å². The van der Waals surface area contributed by atoms with E-state index in [-0.39, 0.29) is 11.3 Å². The average Bonchev–Trinajstić information content (AvgIpc) is 2.62. The molecule has 0 spiro atoms. The van der Waals surface area contributed by atoms with Crippen LogP contribution in [0.25, 0.3) is 22.3 Å². The second-order valence-electron chi connectivity index (χ2n) is 5.43. The van der Waals surface area contributed by atoms with E-state index in [1.807, 2.05) is 30.3 Å². The van der Waals surface area contributed by atoms with E-state index in [2.05, 4.69) is 4.18 Å². The van der Waals surface area contributed by atoms with Gasteiger partial charge in [-0.05, 0) is 28.8 Å². The molecule has 134 valence electrons. The Morgan fingerprint density at radius 3 is 1.77 bits per heavy atom. The molecule has 0 amide bonds. The lowest BCUT2D eigenvalue weighted by Crippen LogP contribution is -2.28. The van der Waals surface area contributed by atoms with E-state index < -0.39 is 15.6 Å². The summed E-state index contributed by atoms with van der Waals surface area (Å²) >= 11 is 0. The molecule has 0 bridgehead atoms. The molecule has 0 saturated heterocycles. The van der Waals surface area contributed by atoms with Crippen molar-refractivity contribution in [3.63, 3.8) is 0 Å². The predicted octanol–water partition coefficient (Wildman–Crippen LogP) is 5.25. The van der Waals surface area contributed by atoms with Crippen LogP contribution >= 0.6 is 0 Å². The number of rotatable bonds is 4. The summed E-state index contributed by atoms with van der Waals surface area (Å²) in [4.78, 5) is 0. The molecule has 0 unspecified atom stereocenters. The third-order valence-corrected chi connectivity index (χ3v) is 4.62. The first-order chi connectivity index (χ1) is 12.3. The monoisotopic (exact) mass is 378 g/mol. The largest absolute Gasteiger partial charge is 0.534 e. The van der Waals surface area contributed by atoms with Gasteiger partial charge in [-0.3, -0.25) is 0 Å². The molecule has 3 nitrogen and oxygen atoms in total. The quantitative estimate of drug-likeness (QED) is 0.460. The van der Waals surface area contributed by atoms with Gasteiger partial charge in [0, 0.05) is 5.56 Å². The first kappa shape index (κ1) is 18.0. The van der Waals surface area contributed by atoms with E-state index in [1.54, 1.807) is 36.4 Å².